The first kappa shape index (κ1) is 9.65. The van der Waals surface area contributed by atoms with Crippen molar-refractivity contribution in [2.75, 3.05) is 5.73 Å². The highest BCUT2D eigenvalue weighted by Gasteiger charge is 2.00. The van der Waals surface area contributed by atoms with Crippen molar-refractivity contribution in [3.63, 3.8) is 0 Å². The van der Waals surface area contributed by atoms with Crippen molar-refractivity contribution < 1.29 is 0 Å². The van der Waals surface area contributed by atoms with Crippen molar-refractivity contribution in [3.05, 3.63) is 53.6 Å². The zero-order valence-corrected chi connectivity index (χ0v) is 8.64. The van der Waals surface area contributed by atoms with Crippen LogP contribution in [0, 0.1) is 6.92 Å². The minimum absolute atomic E-state index is 0.736. The van der Waals surface area contributed by atoms with Gasteiger partial charge in [-0.25, -0.2) is 0 Å². The zero-order valence-electron chi connectivity index (χ0n) is 8.64. The summed E-state index contributed by atoms with van der Waals surface area (Å²) in [6.45, 7) is 1.91. The third kappa shape index (κ3) is 2.31. The SMILES string of the molecule is Cc1nc(Cc2ccccn2)ccc1N. The molecule has 3 heteroatoms. The number of hydrogen-bond acceptors (Lipinski definition) is 3. The van der Waals surface area contributed by atoms with Gasteiger partial charge >= 0.3 is 0 Å². The van der Waals surface area contributed by atoms with E-state index >= 15 is 0 Å². The van der Waals surface area contributed by atoms with Crippen molar-refractivity contribution in [1.29, 1.82) is 0 Å². The van der Waals surface area contributed by atoms with Gasteiger partial charge in [0.25, 0.3) is 0 Å². The van der Waals surface area contributed by atoms with Crippen molar-refractivity contribution in [2.45, 2.75) is 13.3 Å². The molecule has 0 aliphatic heterocycles. The number of rotatable bonds is 2. The molecule has 0 aromatic carbocycles. The number of nitrogens with two attached hydrogens (primary N) is 1. The summed E-state index contributed by atoms with van der Waals surface area (Å²) in [5.41, 5.74) is 9.34. The van der Waals surface area contributed by atoms with Crippen molar-refractivity contribution in [2.24, 2.45) is 0 Å². The van der Waals surface area contributed by atoms with Crippen LogP contribution in [0.1, 0.15) is 17.1 Å². The van der Waals surface area contributed by atoms with Gasteiger partial charge in [0.1, 0.15) is 0 Å². The van der Waals surface area contributed by atoms with Crippen LogP contribution in [0.2, 0.25) is 0 Å². The Labute approximate surface area is 89.0 Å². The Morgan fingerprint density at radius 2 is 2.00 bits per heavy atom. The summed E-state index contributed by atoms with van der Waals surface area (Å²) in [6.07, 6.45) is 2.54. The number of aryl methyl sites for hydroxylation is 1. The van der Waals surface area contributed by atoms with E-state index in [2.05, 4.69) is 9.97 Å². The van der Waals surface area contributed by atoms with Crippen LogP contribution in [0.5, 0.6) is 0 Å². The Balaban J connectivity index is 2.22. The monoisotopic (exact) mass is 199 g/mol. The molecule has 0 saturated heterocycles. The molecule has 0 aliphatic rings. The third-order valence-corrected chi connectivity index (χ3v) is 2.27. The van der Waals surface area contributed by atoms with Crippen LogP contribution in [0.4, 0.5) is 5.69 Å². The molecular formula is C12H13N3. The van der Waals surface area contributed by atoms with E-state index in [0.29, 0.717) is 0 Å². The van der Waals surface area contributed by atoms with Gasteiger partial charge in [-0.1, -0.05) is 6.07 Å². The minimum atomic E-state index is 0.736. The second-order valence-corrected chi connectivity index (χ2v) is 3.48. The van der Waals surface area contributed by atoms with Gasteiger partial charge in [0.15, 0.2) is 0 Å². The molecule has 15 heavy (non-hydrogen) atoms. The van der Waals surface area contributed by atoms with Crippen LogP contribution in [0.3, 0.4) is 0 Å². The fourth-order valence-corrected chi connectivity index (χ4v) is 1.41. The van der Waals surface area contributed by atoms with Gasteiger partial charge in [0, 0.05) is 24.0 Å². The highest BCUT2D eigenvalue weighted by atomic mass is 14.8. The lowest BCUT2D eigenvalue weighted by molar-refractivity contribution is 0.994. The molecule has 3 nitrogen and oxygen atoms in total. The Morgan fingerprint density at radius 3 is 2.67 bits per heavy atom. The number of aromatic nitrogens is 2. The molecule has 2 aromatic heterocycles. The van der Waals surface area contributed by atoms with Crippen LogP contribution in [-0.2, 0) is 6.42 Å². The molecule has 76 valence electrons. The Kier molecular flexibility index (Phi) is 2.63. The predicted octanol–water partition coefficient (Wildman–Crippen LogP) is 1.96. The van der Waals surface area contributed by atoms with Crippen LogP contribution in [0.15, 0.2) is 36.5 Å². The van der Waals surface area contributed by atoms with Gasteiger partial charge in [0.2, 0.25) is 0 Å². The second-order valence-electron chi connectivity index (χ2n) is 3.48. The lowest BCUT2D eigenvalue weighted by atomic mass is 10.2. The normalized spacial score (nSPS) is 10.2. The van der Waals surface area contributed by atoms with E-state index in [4.69, 9.17) is 5.73 Å². The quantitative estimate of drug-likeness (QED) is 0.804. The summed E-state index contributed by atoms with van der Waals surface area (Å²) in [5.74, 6) is 0. The summed E-state index contributed by atoms with van der Waals surface area (Å²) in [7, 11) is 0. The predicted molar refractivity (Wildman–Crippen MR) is 60.4 cm³/mol. The fourth-order valence-electron chi connectivity index (χ4n) is 1.41. The highest BCUT2D eigenvalue weighted by Crippen LogP contribution is 2.10. The highest BCUT2D eigenvalue weighted by molar-refractivity contribution is 5.42. The Bertz CT molecular complexity index is 452. The molecule has 0 spiro atoms. The van der Waals surface area contributed by atoms with Gasteiger partial charge in [-0.05, 0) is 31.2 Å². The third-order valence-electron chi connectivity index (χ3n) is 2.27. The molecule has 2 heterocycles. The topological polar surface area (TPSA) is 51.8 Å². The summed E-state index contributed by atoms with van der Waals surface area (Å²) in [5, 5.41) is 0. The smallest absolute Gasteiger partial charge is 0.0605 e. The summed E-state index contributed by atoms with van der Waals surface area (Å²) < 4.78 is 0. The van der Waals surface area contributed by atoms with E-state index in [1.165, 1.54) is 0 Å². The van der Waals surface area contributed by atoms with Crippen molar-refractivity contribution >= 4 is 5.69 Å². The minimum Gasteiger partial charge on any atom is -0.397 e. The van der Waals surface area contributed by atoms with E-state index < -0.39 is 0 Å². The van der Waals surface area contributed by atoms with Gasteiger partial charge in [0.05, 0.1) is 11.4 Å². The number of nitrogens with zero attached hydrogens (tertiary/aromatic N) is 2. The van der Waals surface area contributed by atoms with Gasteiger partial charge in [-0.15, -0.1) is 0 Å². The van der Waals surface area contributed by atoms with Crippen LogP contribution in [-0.4, -0.2) is 9.97 Å². The molecule has 0 fully saturated rings. The molecule has 0 atom stereocenters. The first-order valence-electron chi connectivity index (χ1n) is 4.87. The van der Waals surface area contributed by atoms with E-state index in [0.717, 1.165) is 29.2 Å². The maximum absolute atomic E-state index is 5.70. The standard InChI is InChI=1S/C12H13N3/c1-9-12(13)6-5-11(15-9)8-10-4-2-3-7-14-10/h2-7H,8,13H2,1H3. The van der Waals surface area contributed by atoms with Crippen LogP contribution >= 0.6 is 0 Å². The first-order chi connectivity index (χ1) is 7.25. The van der Waals surface area contributed by atoms with E-state index in [-0.39, 0.29) is 0 Å². The van der Waals surface area contributed by atoms with Crippen LogP contribution < -0.4 is 5.73 Å². The molecule has 0 amide bonds. The number of nitrogen functional groups attached to an aromatic ring is 1. The molecule has 2 rings (SSSR count). The lowest BCUT2D eigenvalue weighted by Crippen LogP contribution is -1.99. The average Bonchev–Trinajstić information content (AvgIpc) is 2.25. The van der Waals surface area contributed by atoms with E-state index in [1.807, 2.05) is 37.3 Å². The van der Waals surface area contributed by atoms with Gasteiger partial charge in [-0.2, -0.15) is 0 Å². The lowest BCUT2D eigenvalue weighted by Gasteiger charge is -2.03. The molecule has 0 saturated carbocycles. The fraction of sp³-hybridized carbons (Fsp3) is 0.167. The number of pyridine rings is 2. The van der Waals surface area contributed by atoms with E-state index in [1.54, 1.807) is 6.20 Å². The molecule has 0 unspecified atom stereocenters. The number of anilines is 1. The molecular weight excluding hydrogens is 186 g/mol. The largest absolute Gasteiger partial charge is 0.397 e. The molecule has 0 aliphatic carbocycles. The number of hydrogen-bond donors (Lipinski definition) is 1. The summed E-state index contributed by atoms with van der Waals surface area (Å²) >= 11 is 0. The molecule has 2 aromatic rings. The van der Waals surface area contributed by atoms with Gasteiger partial charge in [-0.3, -0.25) is 9.97 Å². The maximum atomic E-state index is 5.70. The summed E-state index contributed by atoms with van der Waals surface area (Å²) in [4.78, 5) is 8.66. The van der Waals surface area contributed by atoms with Gasteiger partial charge < -0.3 is 5.73 Å². The van der Waals surface area contributed by atoms with E-state index in [9.17, 15) is 0 Å². The Morgan fingerprint density at radius 1 is 1.13 bits per heavy atom. The van der Waals surface area contributed by atoms with Crippen molar-refractivity contribution in [3.8, 4) is 0 Å². The van der Waals surface area contributed by atoms with Crippen LogP contribution in [0.25, 0.3) is 0 Å². The second kappa shape index (κ2) is 4.09. The Hall–Kier alpha value is -1.90. The van der Waals surface area contributed by atoms with Crippen molar-refractivity contribution in [1.82, 2.24) is 9.97 Å². The zero-order chi connectivity index (χ0) is 10.7. The maximum Gasteiger partial charge on any atom is 0.0605 e. The summed E-state index contributed by atoms with van der Waals surface area (Å²) in [6, 6.07) is 9.71. The first-order valence-corrected chi connectivity index (χ1v) is 4.87. The average molecular weight is 199 g/mol. The molecule has 0 bridgehead atoms. The molecule has 0 radical (unpaired) electrons. The molecule has 2 N–H and O–H groups in total.